The highest BCUT2D eigenvalue weighted by Crippen LogP contribution is 2.28. The van der Waals surface area contributed by atoms with Crippen LogP contribution < -0.4 is 10.6 Å². The third-order valence-corrected chi connectivity index (χ3v) is 6.12. The van der Waals surface area contributed by atoms with Gasteiger partial charge in [-0.2, -0.15) is 0 Å². The molecule has 0 spiro atoms. The monoisotopic (exact) mass is 453 g/mol. The number of imidazole rings is 1. The number of nitrogens with zero attached hydrogens (tertiary/aromatic N) is 3. The van der Waals surface area contributed by atoms with Crippen molar-refractivity contribution in [2.75, 3.05) is 10.6 Å². The maximum atomic E-state index is 12.7. The number of rotatable bonds is 7. The fourth-order valence-corrected chi connectivity index (χ4v) is 4.45. The molecule has 33 heavy (non-hydrogen) atoms. The third kappa shape index (κ3) is 4.49. The molecule has 3 aromatic heterocycles. The Hall–Kier alpha value is -3.97. The van der Waals surface area contributed by atoms with Gasteiger partial charge in [-0.1, -0.05) is 37.6 Å². The van der Waals surface area contributed by atoms with Gasteiger partial charge in [0.2, 0.25) is 0 Å². The van der Waals surface area contributed by atoms with Crippen LogP contribution in [0.1, 0.15) is 29.3 Å². The van der Waals surface area contributed by atoms with E-state index < -0.39 is 0 Å². The standard InChI is InChI=1S/C26H23N5OS/c1-2-7-18-8-3-4-9-21(18)29-25(32)19-11-13-20(14-12-19)28-26-30-22(17-33-26)23-16-27-24-10-5-6-15-31(23)24/h3-6,8-17H,2,7H2,1H3,(H,28,30)(H,29,32). The van der Waals surface area contributed by atoms with E-state index in [1.807, 2.05) is 82.8 Å². The van der Waals surface area contributed by atoms with Crippen molar-refractivity contribution in [3.63, 3.8) is 0 Å². The van der Waals surface area contributed by atoms with Gasteiger partial charge in [-0.3, -0.25) is 9.20 Å². The summed E-state index contributed by atoms with van der Waals surface area (Å²) in [7, 11) is 0. The van der Waals surface area contributed by atoms with E-state index in [2.05, 4.69) is 28.6 Å². The molecule has 2 N–H and O–H groups in total. The van der Waals surface area contributed by atoms with E-state index in [0.717, 1.165) is 51.9 Å². The molecule has 5 aromatic rings. The zero-order chi connectivity index (χ0) is 22.6. The van der Waals surface area contributed by atoms with Crippen LogP contribution in [0.15, 0.2) is 84.5 Å². The summed E-state index contributed by atoms with van der Waals surface area (Å²) in [6.45, 7) is 2.13. The minimum atomic E-state index is -0.116. The third-order valence-electron chi connectivity index (χ3n) is 5.37. The second-order valence-corrected chi connectivity index (χ2v) is 8.53. The number of carbonyl (C=O) groups is 1. The summed E-state index contributed by atoms with van der Waals surface area (Å²) in [5, 5.41) is 9.15. The summed E-state index contributed by atoms with van der Waals surface area (Å²) < 4.78 is 2.02. The average Bonchev–Trinajstić information content (AvgIpc) is 3.48. The Labute approximate surface area is 196 Å². The molecular weight excluding hydrogens is 430 g/mol. The van der Waals surface area contributed by atoms with E-state index in [4.69, 9.17) is 4.98 Å². The number of pyridine rings is 1. The van der Waals surface area contributed by atoms with Crippen LogP contribution in [0.25, 0.3) is 17.0 Å². The molecular formula is C26H23N5OS. The molecule has 2 aromatic carbocycles. The fraction of sp³-hybridized carbons (Fsp3) is 0.115. The number of hydrogen-bond acceptors (Lipinski definition) is 5. The molecule has 0 aliphatic rings. The molecule has 3 heterocycles. The molecule has 0 bridgehead atoms. The molecule has 0 atom stereocenters. The van der Waals surface area contributed by atoms with Gasteiger partial charge in [0.25, 0.3) is 5.91 Å². The summed E-state index contributed by atoms with van der Waals surface area (Å²) in [5.74, 6) is -0.116. The predicted molar refractivity (Wildman–Crippen MR) is 134 cm³/mol. The molecule has 5 rings (SSSR count). The van der Waals surface area contributed by atoms with Gasteiger partial charge in [0.15, 0.2) is 5.13 Å². The first-order chi connectivity index (χ1) is 16.2. The Morgan fingerprint density at radius 2 is 1.85 bits per heavy atom. The smallest absolute Gasteiger partial charge is 0.255 e. The molecule has 1 amide bonds. The first-order valence-electron chi connectivity index (χ1n) is 10.9. The van der Waals surface area contributed by atoms with Crippen molar-refractivity contribution in [1.82, 2.24) is 14.4 Å². The number of thiazole rings is 1. The molecule has 0 radical (unpaired) electrons. The van der Waals surface area contributed by atoms with Crippen LogP contribution in [0.5, 0.6) is 0 Å². The predicted octanol–water partition coefficient (Wildman–Crippen LogP) is 6.41. The summed E-state index contributed by atoms with van der Waals surface area (Å²) >= 11 is 1.53. The minimum absolute atomic E-state index is 0.116. The van der Waals surface area contributed by atoms with Crippen molar-refractivity contribution in [3.8, 4) is 11.4 Å². The number of hydrogen-bond donors (Lipinski definition) is 2. The molecule has 0 fully saturated rings. The van der Waals surface area contributed by atoms with Gasteiger partial charge in [-0.15, -0.1) is 11.3 Å². The summed E-state index contributed by atoms with van der Waals surface area (Å²) in [6, 6.07) is 21.3. The highest BCUT2D eigenvalue weighted by Gasteiger charge is 2.11. The number of para-hydroxylation sites is 1. The molecule has 0 saturated heterocycles. The highest BCUT2D eigenvalue weighted by molar-refractivity contribution is 7.14. The first-order valence-corrected chi connectivity index (χ1v) is 11.7. The number of nitrogens with one attached hydrogen (secondary N) is 2. The molecule has 6 nitrogen and oxygen atoms in total. The van der Waals surface area contributed by atoms with E-state index >= 15 is 0 Å². The number of benzene rings is 2. The number of aromatic nitrogens is 3. The van der Waals surface area contributed by atoms with Crippen LogP contribution in [-0.4, -0.2) is 20.3 Å². The maximum Gasteiger partial charge on any atom is 0.255 e. The Balaban J connectivity index is 1.27. The van der Waals surface area contributed by atoms with E-state index in [1.54, 1.807) is 0 Å². The Bertz CT molecular complexity index is 1400. The molecule has 164 valence electrons. The van der Waals surface area contributed by atoms with Gasteiger partial charge >= 0.3 is 0 Å². The summed E-state index contributed by atoms with van der Waals surface area (Å²) in [5.41, 5.74) is 6.20. The molecule has 0 unspecified atom stereocenters. The van der Waals surface area contributed by atoms with Gasteiger partial charge < -0.3 is 10.6 Å². The number of carbonyl (C=O) groups excluding carboxylic acids is 1. The van der Waals surface area contributed by atoms with Crippen LogP contribution >= 0.6 is 11.3 Å². The van der Waals surface area contributed by atoms with Crippen LogP contribution in [0.4, 0.5) is 16.5 Å². The van der Waals surface area contributed by atoms with Gasteiger partial charge in [0.05, 0.1) is 11.9 Å². The molecule has 7 heteroatoms. The lowest BCUT2D eigenvalue weighted by molar-refractivity contribution is 0.102. The maximum absolute atomic E-state index is 12.7. The number of anilines is 3. The first kappa shape index (κ1) is 20.9. The largest absolute Gasteiger partial charge is 0.332 e. The fourth-order valence-electron chi connectivity index (χ4n) is 3.72. The SMILES string of the molecule is CCCc1ccccc1NC(=O)c1ccc(Nc2nc(-c3cnc4ccccn34)cs2)cc1. The van der Waals surface area contributed by atoms with Gasteiger partial charge in [0.1, 0.15) is 11.3 Å². The zero-order valence-electron chi connectivity index (χ0n) is 18.2. The molecule has 0 aliphatic carbocycles. The number of amides is 1. The van der Waals surface area contributed by atoms with Crippen LogP contribution in [-0.2, 0) is 6.42 Å². The quantitative estimate of drug-likeness (QED) is 0.299. The van der Waals surface area contributed by atoms with Crippen LogP contribution in [0.2, 0.25) is 0 Å². The zero-order valence-corrected chi connectivity index (χ0v) is 19.0. The Morgan fingerprint density at radius 1 is 1.03 bits per heavy atom. The Kier molecular flexibility index (Phi) is 5.87. The van der Waals surface area contributed by atoms with Crippen LogP contribution in [0, 0.1) is 0 Å². The lowest BCUT2D eigenvalue weighted by atomic mass is 10.1. The average molecular weight is 454 g/mol. The van der Waals surface area contributed by atoms with Gasteiger partial charge in [-0.25, -0.2) is 9.97 Å². The van der Waals surface area contributed by atoms with E-state index in [9.17, 15) is 4.79 Å². The molecule has 0 aliphatic heterocycles. The van der Waals surface area contributed by atoms with Crippen LogP contribution in [0.3, 0.4) is 0 Å². The Morgan fingerprint density at radius 3 is 2.70 bits per heavy atom. The number of aryl methyl sites for hydroxylation is 1. The minimum Gasteiger partial charge on any atom is -0.332 e. The lowest BCUT2D eigenvalue weighted by Gasteiger charge is -2.11. The van der Waals surface area contributed by atoms with Crippen molar-refractivity contribution in [3.05, 3.63) is 95.6 Å². The second-order valence-electron chi connectivity index (χ2n) is 7.67. The normalized spacial score (nSPS) is 10.9. The topological polar surface area (TPSA) is 71.3 Å². The molecule has 0 saturated carbocycles. The van der Waals surface area contributed by atoms with Crippen molar-refractivity contribution < 1.29 is 4.79 Å². The summed E-state index contributed by atoms with van der Waals surface area (Å²) in [6.07, 6.45) is 5.78. The second kappa shape index (κ2) is 9.26. The number of fused-ring (bicyclic) bond motifs is 1. The van der Waals surface area contributed by atoms with Crippen molar-refractivity contribution in [2.24, 2.45) is 0 Å². The van der Waals surface area contributed by atoms with E-state index in [-0.39, 0.29) is 5.91 Å². The van der Waals surface area contributed by atoms with Gasteiger partial charge in [0, 0.05) is 28.5 Å². The van der Waals surface area contributed by atoms with Crippen molar-refractivity contribution in [1.29, 1.82) is 0 Å². The van der Waals surface area contributed by atoms with E-state index in [1.165, 1.54) is 11.3 Å². The lowest BCUT2D eigenvalue weighted by Crippen LogP contribution is -2.13. The van der Waals surface area contributed by atoms with Gasteiger partial charge in [-0.05, 0) is 54.4 Å². The van der Waals surface area contributed by atoms with Crippen molar-refractivity contribution in [2.45, 2.75) is 19.8 Å². The summed E-state index contributed by atoms with van der Waals surface area (Å²) in [4.78, 5) is 21.9. The van der Waals surface area contributed by atoms with E-state index in [0.29, 0.717) is 5.56 Å². The van der Waals surface area contributed by atoms with Crippen molar-refractivity contribution >= 4 is 39.4 Å². The highest BCUT2D eigenvalue weighted by atomic mass is 32.1.